The van der Waals surface area contributed by atoms with Gasteiger partial charge in [0.2, 0.25) is 5.91 Å². The maximum absolute atomic E-state index is 12.7. The molecule has 5 heteroatoms. The van der Waals surface area contributed by atoms with Crippen LogP contribution >= 0.6 is 11.6 Å². The molecule has 2 aromatic rings. The third-order valence-corrected chi connectivity index (χ3v) is 4.80. The van der Waals surface area contributed by atoms with Crippen LogP contribution in [0, 0.1) is 0 Å². The van der Waals surface area contributed by atoms with Gasteiger partial charge in [-0.25, -0.2) is 0 Å². The molecule has 1 fully saturated rings. The van der Waals surface area contributed by atoms with Crippen LogP contribution in [0.4, 0.5) is 0 Å². The lowest BCUT2D eigenvalue weighted by Crippen LogP contribution is -2.49. The number of nitrogens with zero attached hydrogens (tertiary/aromatic N) is 1. The molecule has 24 heavy (non-hydrogen) atoms. The normalized spacial score (nSPS) is 15.4. The first-order valence-corrected chi connectivity index (χ1v) is 8.66. The second-order valence-electron chi connectivity index (χ2n) is 6.09. The molecule has 1 heterocycles. The molecular weight excluding hydrogens is 324 g/mol. The molecule has 0 radical (unpaired) electrons. The summed E-state index contributed by atoms with van der Waals surface area (Å²) in [5.74, 6) is 0.859. The fourth-order valence-electron chi connectivity index (χ4n) is 3.01. The average Bonchev–Trinajstić information content (AvgIpc) is 2.56. The molecule has 1 aliphatic rings. The number of hydrogen-bond donors (Lipinski definition) is 1. The monoisotopic (exact) mass is 344 g/mol. The number of carbonyl (C=O) groups excluding carboxylic acids is 1. The molecule has 1 amide bonds. The Bertz CT molecular complexity index is 670. The number of benzene rings is 1. The highest BCUT2D eigenvalue weighted by atomic mass is 35.5. The van der Waals surface area contributed by atoms with Crippen molar-refractivity contribution in [3.05, 3.63) is 59.4 Å². The van der Waals surface area contributed by atoms with Crippen molar-refractivity contribution >= 4 is 17.5 Å². The fraction of sp³-hybridized carbons (Fsp3) is 0.368. The molecular formula is C19H21ClN2O2. The standard InChI is InChI=1S/C19H21ClN2O2/c20-16-7-5-15(6-8-16)19(9-2-10-19)18(23)22-12-3-13-24-17-4-1-11-21-14-17/h1,4-8,11,14H,2-3,9-10,12-13H2,(H,22,23). The third-order valence-electron chi connectivity index (χ3n) is 4.55. The summed E-state index contributed by atoms with van der Waals surface area (Å²) >= 11 is 5.95. The molecule has 0 bridgehead atoms. The Morgan fingerprint density at radius 1 is 1.25 bits per heavy atom. The van der Waals surface area contributed by atoms with Crippen LogP contribution in [0.15, 0.2) is 48.8 Å². The number of ether oxygens (including phenoxy) is 1. The molecule has 1 saturated carbocycles. The Morgan fingerprint density at radius 3 is 2.67 bits per heavy atom. The SMILES string of the molecule is O=C(NCCCOc1cccnc1)C1(c2ccc(Cl)cc2)CCC1. The summed E-state index contributed by atoms with van der Waals surface area (Å²) in [7, 11) is 0. The molecule has 1 aromatic carbocycles. The first-order valence-electron chi connectivity index (χ1n) is 8.28. The van der Waals surface area contributed by atoms with Gasteiger partial charge in [0.1, 0.15) is 5.75 Å². The highest BCUT2D eigenvalue weighted by molar-refractivity contribution is 6.30. The average molecular weight is 345 g/mol. The summed E-state index contributed by atoms with van der Waals surface area (Å²) in [4.78, 5) is 16.7. The van der Waals surface area contributed by atoms with Gasteiger partial charge in [0, 0.05) is 17.8 Å². The Morgan fingerprint density at radius 2 is 2.04 bits per heavy atom. The number of aromatic nitrogens is 1. The van der Waals surface area contributed by atoms with Gasteiger partial charge in [-0.1, -0.05) is 30.2 Å². The molecule has 0 unspecified atom stereocenters. The maximum atomic E-state index is 12.7. The summed E-state index contributed by atoms with van der Waals surface area (Å²) in [6.45, 7) is 1.16. The van der Waals surface area contributed by atoms with Crippen molar-refractivity contribution in [2.24, 2.45) is 0 Å². The van der Waals surface area contributed by atoms with Crippen LogP contribution in [0.1, 0.15) is 31.2 Å². The number of amides is 1. The highest BCUT2D eigenvalue weighted by Crippen LogP contribution is 2.44. The number of halogens is 1. The van der Waals surface area contributed by atoms with E-state index in [9.17, 15) is 4.79 Å². The molecule has 0 spiro atoms. The van der Waals surface area contributed by atoms with E-state index in [4.69, 9.17) is 16.3 Å². The van der Waals surface area contributed by atoms with E-state index in [0.717, 1.165) is 37.0 Å². The van der Waals surface area contributed by atoms with Crippen LogP contribution in [0.5, 0.6) is 5.75 Å². The van der Waals surface area contributed by atoms with Crippen molar-refractivity contribution in [2.45, 2.75) is 31.1 Å². The minimum Gasteiger partial charge on any atom is -0.492 e. The molecule has 0 atom stereocenters. The van der Waals surface area contributed by atoms with Gasteiger partial charge in [-0.3, -0.25) is 9.78 Å². The molecule has 1 aliphatic carbocycles. The zero-order valence-electron chi connectivity index (χ0n) is 13.5. The summed E-state index contributed by atoms with van der Waals surface area (Å²) in [5, 5.41) is 3.75. The zero-order chi connectivity index (χ0) is 16.8. The Hall–Kier alpha value is -2.07. The first kappa shape index (κ1) is 16.8. The van der Waals surface area contributed by atoms with E-state index in [1.807, 2.05) is 36.4 Å². The van der Waals surface area contributed by atoms with Gasteiger partial charge in [-0.15, -0.1) is 0 Å². The Kier molecular flexibility index (Phi) is 5.36. The van der Waals surface area contributed by atoms with E-state index in [-0.39, 0.29) is 11.3 Å². The second-order valence-corrected chi connectivity index (χ2v) is 6.53. The van der Waals surface area contributed by atoms with Gasteiger partial charge in [-0.05, 0) is 49.1 Å². The number of carbonyl (C=O) groups is 1. The molecule has 126 valence electrons. The maximum Gasteiger partial charge on any atom is 0.230 e. The molecule has 4 nitrogen and oxygen atoms in total. The quantitative estimate of drug-likeness (QED) is 0.778. The lowest BCUT2D eigenvalue weighted by Gasteiger charge is -2.40. The van der Waals surface area contributed by atoms with E-state index in [1.54, 1.807) is 12.4 Å². The van der Waals surface area contributed by atoms with Gasteiger partial charge >= 0.3 is 0 Å². The predicted octanol–water partition coefficient (Wildman–Crippen LogP) is 3.74. The van der Waals surface area contributed by atoms with E-state index >= 15 is 0 Å². The molecule has 3 rings (SSSR count). The molecule has 1 N–H and O–H groups in total. The van der Waals surface area contributed by atoms with Crippen molar-refractivity contribution in [1.29, 1.82) is 0 Å². The van der Waals surface area contributed by atoms with Crippen LogP contribution in [-0.4, -0.2) is 24.0 Å². The number of hydrogen-bond acceptors (Lipinski definition) is 3. The van der Waals surface area contributed by atoms with E-state index in [2.05, 4.69) is 10.3 Å². The predicted molar refractivity (Wildman–Crippen MR) is 94.3 cm³/mol. The van der Waals surface area contributed by atoms with Crippen LogP contribution in [0.2, 0.25) is 5.02 Å². The molecule has 0 aliphatic heterocycles. The highest BCUT2D eigenvalue weighted by Gasteiger charge is 2.45. The smallest absolute Gasteiger partial charge is 0.230 e. The zero-order valence-corrected chi connectivity index (χ0v) is 14.3. The van der Waals surface area contributed by atoms with Gasteiger partial charge in [0.15, 0.2) is 0 Å². The summed E-state index contributed by atoms with van der Waals surface area (Å²) in [5.41, 5.74) is 0.677. The molecule has 0 saturated heterocycles. The van der Waals surface area contributed by atoms with Gasteiger partial charge in [-0.2, -0.15) is 0 Å². The van der Waals surface area contributed by atoms with Crippen LogP contribution in [0.3, 0.4) is 0 Å². The summed E-state index contributed by atoms with van der Waals surface area (Å²) in [6.07, 6.45) is 7.03. The van der Waals surface area contributed by atoms with E-state index in [0.29, 0.717) is 18.2 Å². The lowest BCUT2D eigenvalue weighted by molar-refractivity contribution is -0.129. The van der Waals surface area contributed by atoms with Crippen LogP contribution in [-0.2, 0) is 10.2 Å². The van der Waals surface area contributed by atoms with Crippen molar-refractivity contribution in [3.8, 4) is 5.75 Å². The number of rotatable bonds is 7. The minimum absolute atomic E-state index is 0.109. The number of pyridine rings is 1. The van der Waals surface area contributed by atoms with Gasteiger partial charge in [0.25, 0.3) is 0 Å². The van der Waals surface area contributed by atoms with Crippen molar-refractivity contribution < 1.29 is 9.53 Å². The largest absolute Gasteiger partial charge is 0.492 e. The Labute approximate surface area is 147 Å². The van der Waals surface area contributed by atoms with Crippen LogP contribution < -0.4 is 10.1 Å². The first-order chi connectivity index (χ1) is 11.7. The fourth-order valence-corrected chi connectivity index (χ4v) is 3.14. The third kappa shape index (κ3) is 3.70. The van der Waals surface area contributed by atoms with Crippen molar-refractivity contribution in [2.75, 3.05) is 13.2 Å². The van der Waals surface area contributed by atoms with E-state index < -0.39 is 0 Å². The number of nitrogens with one attached hydrogen (secondary N) is 1. The summed E-state index contributed by atoms with van der Waals surface area (Å²) < 4.78 is 5.58. The topological polar surface area (TPSA) is 51.2 Å². The van der Waals surface area contributed by atoms with Crippen molar-refractivity contribution in [3.63, 3.8) is 0 Å². The Balaban J connectivity index is 1.48. The van der Waals surface area contributed by atoms with Gasteiger partial charge in [0.05, 0.1) is 18.2 Å². The molecule has 1 aromatic heterocycles. The van der Waals surface area contributed by atoms with Crippen molar-refractivity contribution in [1.82, 2.24) is 10.3 Å². The van der Waals surface area contributed by atoms with Gasteiger partial charge < -0.3 is 10.1 Å². The lowest BCUT2D eigenvalue weighted by atomic mass is 9.64. The van der Waals surface area contributed by atoms with Crippen LogP contribution in [0.25, 0.3) is 0 Å². The minimum atomic E-state index is -0.380. The van der Waals surface area contributed by atoms with E-state index in [1.165, 1.54) is 0 Å². The second kappa shape index (κ2) is 7.67. The summed E-state index contributed by atoms with van der Waals surface area (Å²) in [6, 6.07) is 11.3.